The molecule has 0 spiro atoms. The van der Waals surface area contributed by atoms with Crippen LogP contribution >= 0.6 is 11.8 Å². The highest BCUT2D eigenvalue weighted by molar-refractivity contribution is 7.99. The molecule has 0 unspecified atom stereocenters. The number of carbonyl (C=O) groups excluding carboxylic acids is 1. The number of aromatic nitrogens is 3. The lowest BCUT2D eigenvalue weighted by Gasteiger charge is -2.08. The van der Waals surface area contributed by atoms with Crippen LogP contribution in [-0.2, 0) is 17.9 Å². The summed E-state index contributed by atoms with van der Waals surface area (Å²) in [5.41, 5.74) is 3.31. The second kappa shape index (κ2) is 8.67. The molecular formula is C20H22N4OS. The van der Waals surface area contributed by atoms with E-state index in [4.69, 9.17) is 0 Å². The summed E-state index contributed by atoms with van der Waals surface area (Å²) in [6.45, 7) is 5.41. The number of hydrogen-bond donors (Lipinski definition) is 1. The molecule has 3 aromatic rings. The van der Waals surface area contributed by atoms with E-state index < -0.39 is 0 Å². The fourth-order valence-electron chi connectivity index (χ4n) is 2.66. The zero-order valence-electron chi connectivity index (χ0n) is 15.0. The van der Waals surface area contributed by atoms with Crippen LogP contribution in [-0.4, -0.2) is 26.4 Å². The number of rotatable bonds is 7. The second-order valence-electron chi connectivity index (χ2n) is 5.97. The molecule has 0 bridgehead atoms. The van der Waals surface area contributed by atoms with Crippen LogP contribution in [0.15, 0.2) is 59.8 Å². The van der Waals surface area contributed by atoms with Crippen molar-refractivity contribution in [3.05, 3.63) is 65.7 Å². The SMILES string of the molecule is CCn1c(SCC(=O)NCc2ccccc2)nnc1-c1cccc(C)c1. The molecule has 0 saturated heterocycles. The summed E-state index contributed by atoms with van der Waals surface area (Å²) in [7, 11) is 0. The predicted molar refractivity (Wildman–Crippen MR) is 105 cm³/mol. The van der Waals surface area contributed by atoms with Crippen molar-refractivity contribution in [2.75, 3.05) is 5.75 Å². The summed E-state index contributed by atoms with van der Waals surface area (Å²) >= 11 is 1.41. The monoisotopic (exact) mass is 366 g/mol. The predicted octanol–water partition coefficient (Wildman–Crippen LogP) is 3.68. The first kappa shape index (κ1) is 18.2. The molecule has 0 atom stereocenters. The molecule has 3 rings (SSSR count). The summed E-state index contributed by atoms with van der Waals surface area (Å²) in [6, 6.07) is 18.1. The van der Waals surface area contributed by atoms with Gasteiger partial charge in [-0.15, -0.1) is 10.2 Å². The molecule has 0 aliphatic heterocycles. The van der Waals surface area contributed by atoms with E-state index in [1.54, 1.807) is 0 Å². The maximum absolute atomic E-state index is 12.1. The molecule has 0 radical (unpaired) electrons. The smallest absolute Gasteiger partial charge is 0.230 e. The fourth-order valence-corrected chi connectivity index (χ4v) is 3.49. The lowest BCUT2D eigenvalue weighted by Crippen LogP contribution is -2.24. The van der Waals surface area contributed by atoms with Gasteiger partial charge in [-0.05, 0) is 25.5 Å². The Kier molecular flexibility index (Phi) is 6.07. The van der Waals surface area contributed by atoms with Crippen LogP contribution in [0, 0.1) is 6.92 Å². The minimum atomic E-state index is -0.0124. The van der Waals surface area contributed by atoms with Gasteiger partial charge in [0.05, 0.1) is 5.75 Å². The van der Waals surface area contributed by atoms with Crippen LogP contribution in [0.2, 0.25) is 0 Å². The normalized spacial score (nSPS) is 10.7. The maximum Gasteiger partial charge on any atom is 0.230 e. The van der Waals surface area contributed by atoms with Gasteiger partial charge in [0, 0.05) is 18.7 Å². The number of nitrogens with one attached hydrogen (secondary N) is 1. The van der Waals surface area contributed by atoms with Crippen LogP contribution < -0.4 is 5.32 Å². The second-order valence-corrected chi connectivity index (χ2v) is 6.91. The zero-order valence-corrected chi connectivity index (χ0v) is 15.8. The number of thioether (sulfide) groups is 1. The molecule has 0 aliphatic carbocycles. The quantitative estimate of drug-likeness (QED) is 0.648. The molecule has 1 aromatic heterocycles. The Morgan fingerprint density at radius 1 is 1.12 bits per heavy atom. The maximum atomic E-state index is 12.1. The molecule has 0 fully saturated rings. The fraction of sp³-hybridized carbons (Fsp3) is 0.250. The molecule has 0 saturated carbocycles. The minimum absolute atomic E-state index is 0.0124. The van der Waals surface area contributed by atoms with Crippen molar-refractivity contribution < 1.29 is 4.79 Å². The van der Waals surface area contributed by atoms with E-state index in [0.29, 0.717) is 12.3 Å². The Morgan fingerprint density at radius 2 is 1.92 bits per heavy atom. The highest BCUT2D eigenvalue weighted by Crippen LogP contribution is 2.24. The molecule has 5 nitrogen and oxygen atoms in total. The third-order valence-electron chi connectivity index (χ3n) is 3.97. The lowest BCUT2D eigenvalue weighted by molar-refractivity contribution is -0.118. The number of carbonyl (C=O) groups is 1. The van der Waals surface area contributed by atoms with Crippen molar-refractivity contribution in [2.24, 2.45) is 0 Å². The van der Waals surface area contributed by atoms with E-state index in [-0.39, 0.29) is 5.91 Å². The number of amides is 1. The largest absolute Gasteiger partial charge is 0.351 e. The summed E-state index contributed by atoms with van der Waals surface area (Å²) in [5.74, 6) is 1.14. The highest BCUT2D eigenvalue weighted by Gasteiger charge is 2.14. The van der Waals surface area contributed by atoms with Gasteiger partial charge in [0.15, 0.2) is 11.0 Å². The van der Waals surface area contributed by atoms with E-state index in [0.717, 1.165) is 28.7 Å². The molecule has 1 N–H and O–H groups in total. The first-order chi connectivity index (χ1) is 12.7. The molecule has 1 amide bonds. The van der Waals surface area contributed by atoms with E-state index in [2.05, 4.69) is 41.5 Å². The summed E-state index contributed by atoms with van der Waals surface area (Å²) in [6.07, 6.45) is 0. The van der Waals surface area contributed by atoms with Crippen LogP contribution in [0.1, 0.15) is 18.1 Å². The van der Waals surface area contributed by atoms with Crippen LogP contribution in [0.25, 0.3) is 11.4 Å². The van der Waals surface area contributed by atoms with Gasteiger partial charge in [0.25, 0.3) is 0 Å². The van der Waals surface area contributed by atoms with Crippen molar-refractivity contribution in [3.8, 4) is 11.4 Å². The third-order valence-corrected chi connectivity index (χ3v) is 4.94. The minimum Gasteiger partial charge on any atom is -0.351 e. The van der Waals surface area contributed by atoms with Gasteiger partial charge in [0.1, 0.15) is 0 Å². The van der Waals surface area contributed by atoms with Crippen molar-refractivity contribution >= 4 is 17.7 Å². The van der Waals surface area contributed by atoms with Gasteiger partial charge in [-0.25, -0.2) is 0 Å². The summed E-state index contributed by atoms with van der Waals surface area (Å²) in [4.78, 5) is 12.1. The van der Waals surface area contributed by atoms with Gasteiger partial charge >= 0.3 is 0 Å². The van der Waals surface area contributed by atoms with E-state index in [1.165, 1.54) is 17.3 Å². The van der Waals surface area contributed by atoms with Gasteiger partial charge < -0.3 is 9.88 Å². The Balaban J connectivity index is 1.62. The molecular weight excluding hydrogens is 344 g/mol. The van der Waals surface area contributed by atoms with Crippen molar-refractivity contribution in [2.45, 2.75) is 32.1 Å². The van der Waals surface area contributed by atoms with Crippen LogP contribution in [0.5, 0.6) is 0 Å². The molecule has 134 valence electrons. The Bertz CT molecular complexity index is 877. The number of aryl methyl sites for hydroxylation is 1. The van der Waals surface area contributed by atoms with Gasteiger partial charge in [-0.3, -0.25) is 4.79 Å². The first-order valence-electron chi connectivity index (χ1n) is 8.61. The highest BCUT2D eigenvalue weighted by atomic mass is 32.2. The molecule has 0 aliphatic rings. The van der Waals surface area contributed by atoms with E-state index in [1.807, 2.05) is 47.0 Å². The van der Waals surface area contributed by atoms with Gasteiger partial charge in [-0.2, -0.15) is 0 Å². The zero-order chi connectivity index (χ0) is 18.4. The van der Waals surface area contributed by atoms with E-state index >= 15 is 0 Å². The van der Waals surface area contributed by atoms with Crippen molar-refractivity contribution in [1.29, 1.82) is 0 Å². The Labute approximate surface area is 157 Å². The topological polar surface area (TPSA) is 59.8 Å². The Hall–Kier alpha value is -2.60. The van der Waals surface area contributed by atoms with E-state index in [9.17, 15) is 4.79 Å². The summed E-state index contributed by atoms with van der Waals surface area (Å²) < 4.78 is 2.05. The van der Waals surface area contributed by atoms with Gasteiger partial charge in [-0.1, -0.05) is 65.9 Å². The van der Waals surface area contributed by atoms with Crippen molar-refractivity contribution in [3.63, 3.8) is 0 Å². The van der Waals surface area contributed by atoms with Crippen molar-refractivity contribution in [1.82, 2.24) is 20.1 Å². The number of nitrogens with zero attached hydrogens (tertiary/aromatic N) is 3. The molecule has 2 aromatic carbocycles. The standard InChI is InChI=1S/C20H22N4OS/c1-3-24-19(17-11-7-8-15(2)12-17)22-23-20(24)26-14-18(25)21-13-16-9-5-4-6-10-16/h4-12H,3,13-14H2,1-2H3,(H,21,25). The molecule has 6 heteroatoms. The molecule has 1 heterocycles. The average Bonchev–Trinajstić information content (AvgIpc) is 3.08. The first-order valence-corrected chi connectivity index (χ1v) is 9.59. The third kappa shape index (κ3) is 4.52. The van der Waals surface area contributed by atoms with Crippen LogP contribution in [0.4, 0.5) is 0 Å². The summed E-state index contributed by atoms with van der Waals surface area (Å²) in [5, 5.41) is 12.3. The lowest BCUT2D eigenvalue weighted by atomic mass is 10.1. The number of benzene rings is 2. The average molecular weight is 366 g/mol. The van der Waals surface area contributed by atoms with Gasteiger partial charge in [0.2, 0.25) is 5.91 Å². The molecule has 26 heavy (non-hydrogen) atoms. The Morgan fingerprint density at radius 3 is 2.65 bits per heavy atom. The van der Waals surface area contributed by atoms with Crippen LogP contribution in [0.3, 0.4) is 0 Å². The number of hydrogen-bond acceptors (Lipinski definition) is 4.